The quantitative estimate of drug-likeness (QED) is 0.658. The van der Waals surface area contributed by atoms with Gasteiger partial charge in [0.05, 0.1) is 6.54 Å². The van der Waals surface area contributed by atoms with Crippen LogP contribution in [0.1, 0.15) is 42.9 Å². The summed E-state index contributed by atoms with van der Waals surface area (Å²) in [6, 6.07) is 0. The normalized spacial score (nSPS) is 17.7. The molecule has 0 spiro atoms. The SMILES string of the molecule is O=C(CCc1n[nH]c(=O)[nH]1)NCc1noc(C2CCCO2)n1. The van der Waals surface area contributed by atoms with Crippen LogP contribution >= 0.6 is 0 Å². The van der Waals surface area contributed by atoms with E-state index in [0.29, 0.717) is 30.6 Å². The van der Waals surface area contributed by atoms with Crippen molar-refractivity contribution < 1.29 is 14.1 Å². The molecule has 0 aromatic carbocycles. The zero-order valence-electron chi connectivity index (χ0n) is 11.8. The van der Waals surface area contributed by atoms with Crippen LogP contribution in [0.3, 0.4) is 0 Å². The number of rotatable bonds is 6. The summed E-state index contributed by atoms with van der Waals surface area (Å²) >= 11 is 0. The number of hydrogen-bond donors (Lipinski definition) is 3. The number of nitrogens with one attached hydrogen (secondary N) is 3. The monoisotopic (exact) mass is 308 g/mol. The van der Waals surface area contributed by atoms with Crippen molar-refractivity contribution in [3.8, 4) is 0 Å². The first-order valence-electron chi connectivity index (χ1n) is 7.05. The Hall–Kier alpha value is -2.49. The van der Waals surface area contributed by atoms with E-state index in [9.17, 15) is 9.59 Å². The maximum Gasteiger partial charge on any atom is 0.340 e. The zero-order valence-corrected chi connectivity index (χ0v) is 11.8. The van der Waals surface area contributed by atoms with Gasteiger partial charge in [0.1, 0.15) is 11.9 Å². The molecule has 1 unspecified atom stereocenters. The Morgan fingerprint density at radius 1 is 1.45 bits per heavy atom. The molecule has 0 saturated carbocycles. The highest BCUT2D eigenvalue weighted by molar-refractivity contribution is 5.75. The summed E-state index contributed by atoms with van der Waals surface area (Å²) in [5, 5.41) is 12.5. The Morgan fingerprint density at radius 2 is 2.36 bits per heavy atom. The maximum atomic E-state index is 11.7. The lowest BCUT2D eigenvalue weighted by Gasteiger charge is -2.01. The molecular formula is C12H16N6O4. The van der Waals surface area contributed by atoms with Crippen molar-refractivity contribution >= 4 is 5.91 Å². The third-order valence-electron chi connectivity index (χ3n) is 3.27. The first kappa shape index (κ1) is 14.4. The molecule has 1 fully saturated rings. The molecule has 3 heterocycles. The molecular weight excluding hydrogens is 292 g/mol. The van der Waals surface area contributed by atoms with E-state index in [1.807, 2.05) is 0 Å². The van der Waals surface area contributed by atoms with Crippen molar-refractivity contribution in [1.29, 1.82) is 0 Å². The molecule has 1 aliphatic heterocycles. The number of aryl methyl sites for hydroxylation is 1. The summed E-state index contributed by atoms with van der Waals surface area (Å²) in [5.41, 5.74) is -0.385. The Bertz CT molecular complexity index is 684. The Morgan fingerprint density at radius 3 is 3.09 bits per heavy atom. The van der Waals surface area contributed by atoms with E-state index in [4.69, 9.17) is 9.26 Å². The van der Waals surface area contributed by atoms with Gasteiger partial charge >= 0.3 is 5.69 Å². The number of amides is 1. The van der Waals surface area contributed by atoms with Crippen molar-refractivity contribution in [3.05, 3.63) is 28.0 Å². The van der Waals surface area contributed by atoms with Gasteiger partial charge in [-0.1, -0.05) is 5.16 Å². The number of aromatic nitrogens is 5. The third-order valence-corrected chi connectivity index (χ3v) is 3.27. The van der Waals surface area contributed by atoms with Gasteiger partial charge in [0, 0.05) is 19.4 Å². The number of hydrogen-bond acceptors (Lipinski definition) is 7. The molecule has 1 saturated heterocycles. The lowest BCUT2D eigenvalue weighted by molar-refractivity contribution is -0.121. The van der Waals surface area contributed by atoms with Crippen molar-refractivity contribution in [1.82, 2.24) is 30.6 Å². The topological polar surface area (TPSA) is 139 Å². The minimum absolute atomic E-state index is 0.131. The summed E-state index contributed by atoms with van der Waals surface area (Å²) in [4.78, 5) is 29.2. The van der Waals surface area contributed by atoms with E-state index < -0.39 is 0 Å². The van der Waals surface area contributed by atoms with Gasteiger partial charge in [0.15, 0.2) is 5.82 Å². The lowest BCUT2D eigenvalue weighted by atomic mass is 10.2. The average molecular weight is 308 g/mol. The van der Waals surface area contributed by atoms with E-state index >= 15 is 0 Å². The van der Waals surface area contributed by atoms with Crippen LogP contribution < -0.4 is 11.0 Å². The fourth-order valence-electron chi connectivity index (χ4n) is 2.16. The molecule has 10 heteroatoms. The Balaban J connectivity index is 1.43. The summed E-state index contributed by atoms with van der Waals surface area (Å²) in [5.74, 6) is 1.12. The van der Waals surface area contributed by atoms with Gasteiger partial charge < -0.3 is 14.6 Å². The average Bonchev–Trinajstić information content (AvgIpc) is 3.23. The van der Waals surface area contributed by atoms with Crippen LogP contribution in [0, 0.1) is 0 Å². The minimum atomic E-state index is -0.385. The summed E-state index contributed by atoms with van der Waals surface area (Å²) in [6.45, 7) is 0.889. The van der Waals surface area contributed by atoms with Crippen molar-refractivity contribution in [2.75, 3.05) is 6.61 Å². The van der Waals surface area contributed by atoms with Crippen LogP contribution in [0.4, 0.5) is 0 Å². The van der Waals surface area contributed by atoms with E-state index in [-0.39, 0.29) is 30.7 Å². The van der Waals surface area contributed by atoms with E-state index in [2.05, 4.69) is 30.6 Å². The highest BCUT2D eigenvalue weighted by Crippen LogP contribution is 2.26. The van der Waals surface area contributed by atoms with Crippen LogP contribution in [0.5, 0.6) is 0 Å². The number of H-pyrrole nitrogens is 2. The highest BCUT2D eigenvalue weighted by atomic mass is 16.5. The Labute approximate surface area is 124 Å². The number of ether oxygens (including phenoxy) is 1. The van der Waals surface area contributed by atoms with Crippen molar-refractivity contribution in [2.45, 2.75) is 38.3 Å². The number of aromatic amines is 2. The van der Waals surface area contributed by atoms with Gasteiger partial charge in [-0.15, -0.1) is 0 Å². The van der Waals surface area contributed by atoms with Gasteiger partial charge in [0.2, 0.25) is 5.91 Å². The molecule has 3 rings (SSSR count). The Kier molecular flexibility index (Phi) is 4.28. The van der Waals surface area contributed by atoms with Crippen molar-refractivity contribution in [2.24, 2.45) is 0 Å². The molecule has 1 atom stereocenters. The summed E-state index contributed by atoms with van der Waals surface area (Å²) in [6.07, 6.45) is 2.27. The standard InChI is InChI=1S/C12H16N6O4/c19-10(4-3-8-15-12(20)17-16-8)13-6-9-14-11(22-18-9)7-2-1-5-21-7/h7H,1-6H2,(H,13,19)(H2,15,16,17,20). The predicted octanol–water partition coefficient (Wildman–Crippen LogP) is -0.419. The van der Waals surface area contributed by atoms with Crippen LogP contribution in [-0.2, 0) is 22.5 Å². The molecule has 0 aliphatic carbocycles. The molecule has 0 radical (unpaired) electrons. The fraction of sp³-hybridized carbons (Fsp3) is 0.583. The lowest BCUT2D eigenvalue weighted by Crippen LogP contribution is -2.23. The number of nitrogens with zero attached hydrogens (tertiary/aromatic N) is 3. The van der Waals surface area contributed by atoms with Gasteiger partial charge in [-0.2, -0.15) is 10.1 Å². The summed E-state index contributed by atoms with van der Waals surface area (Å²) in [7, 11) is 0. The summed E-state index contributed by atoms with van der Waals surface area (Å²) < 4.78 is 10.6. The first-order chi connectivity index (χ1) is 10.7. The molecule has 118 valence electrons. The fourth-order valence-corrected chi connectivity index (χ4v) is 2.16. The van der Waals surface area contributed by atoms with Crippen molar-refractivity contribution in [3.63, 3.8) is 0 Å². The largest absolute Gasteiger partial charge is 0.368 e. The predicted molar refractivity (Wildman–Crippen MR) is 71.6 cm³/mol. The minimum Gasteiger partial charge on any atom is -0.368 e. The molecule has 10 nitrogen and oxygen atoms in total. The first-order valence-corrected chi connectivity index (χ1v) is 7.05. The molecule has 3 N–H and O–H groups in total. The van der Waals surface area contributed by atoms with E-state index in [1.54, 1.807) is 0 Å². The molecule has 1 aliphatic rings. The zero-order chi connectivity index (χ0) is 15.4. The number of carbonyl (C=O) groups excluding carboxylic acids is 1. The molecule has 1 amide bonds. The molecule has 0 bridgehead atoms. The van der Waals surface area contributed by atoms with Crippen LogP contribution in [0.25, 0.3) is 0 Å². The van der Waals surface area contributed by atoms with Gasteiger partial charge in [-0.05, 0) is 12.8 Å². The van der Waals surface area contributed by atoms with Gasteiger partial charge in [-0.3, -0.25) is 9.78 Å². The van der Waals surface area contributed by atoms with E-state index in [0.717, 1.165) is 12.8 Å². The highest BCUT2D eigenvalue weighted by Gasteiger charge is 2.23. The second kappa shape index (κ2) is 6.52. The second-order valence-electron chi connectivity index (χ2n) is 4.95. The molecule has 2 aromatic heterocycles. The molecule has 22 heavy (non-hydrogen) atoms. The molecule has 2 aromatic rings. The van der Waals surface area contributed by atoms with E-state index in [1.165, 1.54) is 0 Å². The number of carbonyl (C=O) groups is 1. The van der Waals surface area contributed by atoms with Gasteiger partial charge in [0.25, 0.3) is 5.89 Å². The van der Waals surface area contributed by atoms with Gasteiger partial charge in [-0.25, -0.2) is 9.89 Å². The third kappa shape index (κ3) is 3.58. The maximum absolute atomic E-state index is 11.7. The van der Waals surface area contributed by atoms with Crippen LogP contribution in [0.2, 0.25) is 0 Å². The second-order valence-corrected chi connectivity index (χ2v) is 4.95. The van der Waals surface area contributed by atoms with Crippen LogP contribution in [0.15, 0.2) is 9.32 Å². The van der Waals surface area contributed by atoms with Crippen LogP contribution in [-0.4, -0.2) is 37.8 Å². The smallest absolute Gasteiger partial charge is 0.340 e.